The molecule has 1 amide bonds. The summed E-state index contributed by atoms with van der Waals surface area (Å²) < 4.78 is 11.6. The molecule has 0 saturated carbocycles. The molecule has 1 saturated heterocycles. The van der Waals surface area contributed by atoms with Gasteiger partial charge in [0.1, 0.15) is 22.6 Å². The van der Waals surface area contributed by atoms with E-state index in [1.807, 2.05) is 42.5 Å². The third kappa shape index (κ3) is 3.88. The van der Waals surface area contributed by atoms with Crippen molar-refractivity contribution in [1.29, 1.82) is 0 Å². The zero-order valence-electron chi connectivity index (χ0n) is 14.4. The zero-order chi connectivity index (χ0) is 18.6. The van der Waals surface area contributed by atoms with Crippen LogP contribution in [0.3, 0.4) is 0 Å². The molecular formula is C21H17ClN2O3. The number of hydrogen-bond donors (Lipinski definition) is 0. The van der Waals surface area contributed by atoms with Crippen LogP contribution in [0.15, 0.2) is 72.9 Å². The first kappa shape index (κ1) is 17.4. The van der Waals surface area contributed by atoms with Gasteiger partial charge in [0, 0.05) is 6.20 Å². The number of carbonyl (C=O) groups is 1. The number of likely N-dealkylation sites (tertiary alicyclic amines) is 1. The number of amides is 1. The quantitative estimate of drug-likeness (QED) is 0.657. The molecule has 0 spiro atoms. The van der Waals surface area contributed by atoms with Crippen molar-refractivity contribution in [2.24, 2.45) is 0 Å². The Morgan fingerprint density at radius 1 is 1.00 bits per heavy atom. The predicted octanol–water partition coefficient (Wildman–Crippen LogP) is 4.43. The van der Waals surface area contributed by atoms with Crippen LogP contribution in [0.1, 0.15) is 10.4 Å². The Kier molecular flexibility index (Phi) is 4.94. The minimum atomic E-state index is -0.122. The average Bonchev–Trinajstić information content (AvgIpc) is 2.66. The van der Waals surface area contributed by atoms with Gasteiger partial charge in [-0.05, 0) is 36.4 Å². The molecule has 136 valence electrons. The zero-order valence-corrected chi connectivity index (χ0v) is 15.2. The fourth-order valence-corrected chi connectivity index (χ4v) is 2.98. The molecule has 0 atom stereocenters. The summed E-state index contributed by atoms with van der Waals surface area (Å²) >= 11 is 6.06. The highest BCUT2D eigenvalue weighted by Gasteiger charge is 2.34. The van der Waals surface area contributed by atoms with Crippen LogP contribution in [0.25, 0.3) is 0 Å². The fraction of sp³-hybridized carbons (Fsp3) is 0.143. The van der Waals surface area contributed by atoms with E-state index in [-0.39, 0.29) is 12.0 Å². The summed E-state index contributed by atoms with van der Waals surface area (Å²) in [6.45, 7) is 0.955. The number of halogens is 1. The van der Waals surface area contributed by atoms with Crippen molar-refractivity contribution in [2.75, 3.05) is 13.1 Å². The Morgan fingerprint density at radius 3 is 2.52 bits per heavy atom. The standard InChI is InChI=1S/C21H17ClN2O3/c22-18-10-6-12-23-20(18)27-16-13-24(14-16)21(25)17-9-4-5-11-19(17)26-15-7-2-1-3-8-15/h1-12,16H,13-14H2. The molecule has 1 aromatic heterocycles. The molecule has 0 unspecified atom stereocenters. The summed E-state index contributed by atoms with van der Waals surface area (Å²) in [5.41, 5.74) is 0.524. The molecule has 1 aliphatic rings. The third-order valence-electron chi connectivity index (χ3n) is 4.23. The lowest BCUT2D eigenvalue weighted by molar-refractivity contribution is 0.0159. The molecule has 1 aliphatic heterocycles. The number of hydrogen-bond acceptors (Lipinski definition) is 4. The van der Waals surface area contributed by atoms with E-state index >= 15 is 0 Å². The molecule has 2 heterocycles. The molecule has 0 bridgehead atoms. The summed E-state index contributed by atoms with van der Waals surface area (Å²) in [5, 5.41) is 0.462. The van der Waals surface area contributed by atoms with Crippen molar-refractivity contribution >= 4 is 17.5 Å². The Balaban J connectivity index is 1.42. The third-order valence-corrected chi connectivity index (χ3v) is 4.51. The Bertz CT molecular complexity index is 943. The van der Waals surface area contributed by atoms with Crippen molar-refractivity contribution in [3.8, 4) is 17.4 Å². The van der Waals surface area contributed by atoms with Crippen LogP contribution >= 0.6 is 11.6 Å². The first-order valence-corrected chi connectivity index (χ1v) is 8.97. The Morgan fingerprint density at radius 2 is 1.74 bits per heavy atom. The maximum absolute atomic E-state index is 12.9. The predicted molar refractivity (Wildman–Crippen MR) is 103 cm³/mol. The second kappa shape index (κ2) is 7.68. The summed E-state index contributed by atoms with van der Waals surface area (Å²) in [7, 11) is 0. The van der Waals surface area contributed by atoms with E-state index in [4.69, 9.17) is 21.1 Å². The highest BCUT2D eigenvalue weighted by atomic mass is 35.5. The summed E-state index contributed by atoms with van der Waals surface area (Å²) in [4.78, 5) is 18.7. The molecule has 0 radical (unpaired) electrons. The minimum Gasteiger partial charge on any atom is -0.470 e. The molecule has 1 fully saturated rings. The van der Waals surface area contributed by atoms with Gasteiger partial charge in [0.25, 0.3) is 5.91 Å². The second-order valence-corrected chi connectivity index (χ2v) is 6.56. The van der Waals surface area contributed by atoms with Gasteiger partial charge in [-0.25, -0.2) is 4.98 Å². The lowest BCUT2D eigenvalue weighted by Crippen LogP contribution is -2.56. The number of pyridine rings is 1. The topological polar surface area (TPSA) is 51.7 Å². The van der Waals surface area contributed by atoms with Crippen molar-refractivity contribution in [3.05, 3.63) is 83.5 Å². The maximum Gasteiger partial charge on any atom is 0.257 e. The first-order chi connectivity index (χ1) is 13.2. The molecule has 5 nitrogen and oxygen atoms in total. The minimum absolute atomic E-state index is 0.0894. The van der Waals surface area contributed by atoms with E-state index < -0.39 is 0 Å². The summed E-state index contributed by atoms with van der Waals surface area (Å²) in [5.74, 6) is 1.52. The molecule has 0 N–H and O–H groups in total. The number of nitrogens with zero attached hydrogens (tertiary/aromatic N) is 2. The van der Waals surface area contributed by atoms with Gasteiger partial charge in [-0.2, -0.15) is 0 Å². The van der Waals surface area contributed by atoms with Crippen molar-refractivity contribution in [2.45, 2.75) is 6.10 Å². The van der Waals surface area contributed by atoms with Crippen LogP contribution in [0.5, 0.6) is 17.4 Å². The molecular weight excluding hydrogens is 364 g/mol. The normalized spacial score (nSPS) is 13.7. The highest BCUT2D eigenvalue weighted by Crippen LogP contribution is 2.29. The Labute approximate surface area is 162 Å². The van der Waals surface area contributed by atoms with Crippen LogP contribution in [-0.2, 0) is 0 Å². The van der Waals surface area contributed by atoms with E-state index in [2.05, 4.69) is 4.98 Å². The highest BCUT2D eigenvalue weighted by molar-refractivity contribution is 6.31. The van der Waals surface area contributed by atoms with Gasteiger partial charge in [-0.3, -0.25) is 4.79 Å². The SMILES string of the molecule is O=C(c1ccccc1Oc1ccccc1)N1CC(Oc2ncccc2Cl)C1. The van der Waals surface area contributed by atoms with Gasteiger partial charge >= 0.3 is 0 Å². The number of para-hydroxylation sites is 2. The van der Waals surface area contributed by atoms with Gasteiger partial charge < -0.3 is 14.4 Å². The molecule has 0 aliphatic carbocycles. The number of carbonyl (C=O) groups excluding carboxylic acids is 1. The van der Waals surface area contributed by atoms with E-state index in [0.29, 0.717) is 41.1 Å². The molecule has 3 aromatic rings. The molecule has 27 heavy (non-hydrogen) atoms. The molecule has 2 aromatic carbocycles. The van der Waals surface area contributed by atoms with Crippen molar-refractivity contribution in [1.82, 2.24) is 9.88 Å². The van der Waals surface area contributed by atoms with E-state index in [1.54, 1.807) is 35.4 Å². The van der Waals surface area contributed by atoms with Gasteiger partial charge in [-0.15, -0.1) is 0 Å². The van der Waals surface area contributed by atoms with E-state index in [1.165, 1.54) is 0 Å². The van der Waals surface area contributed by atoms with E-state index in [0.717, 1.165) is 0 Å². The van der Waals surface area contributed by atoms with Crippen LogP contribution in [0, 0.1) is 0 Å². The maximum atomic E-state index is 12.9. The van der Waals surface area contributed by atoms with Crippen molar-refractivity contribution in [3.63, 3.8) is 0 Å². The number of ether oxygens (including phenoxy) is 2. The van der Waals surface area contributed by atoms with Crippen LogP contribution in [0.4, 0.5) is 0 Å². The van der Waals surface area contributed by atoms with Gasteiger partial charge in [0.2, 0.25) is 5.88 Å². The van der Waals surface area contributed by atoms with Gasteiger partial charge in [-0.1, -0.05) is 41.9 Å². The number of benzene rings is 2. The smallest absolute Gasteiger partial charge is 0.257 e. The summed E-state index contributed by atoms with van der Waals surface area (Å²) in [6.07, 6.45) is 1.50. The summed E-state index contributed by atoms with van der Waals surface area (Å²) in [6, 6.07) is 20.1. The average molecular weight is 381 g/mol. The number of rotatable bonds is 5. The second-order valence-electron chi connectivity index (χ2n) is 6.15. The lowest BCUT2D eigenvalue weighted by atomic mass is 10.1. The monoisotopic (exact) mass is 380 g/mol. The van der Waals surface area contributed by atoms with Crippen LogP contribution in [0.2, 0.25) is 5.02 Å². The van der Waals surface area contributed by atoms with Crippen LogP contribution < -0.4 is 9.47 Å². The number of aromatic nitrogens is 1. The van der Waals surface area contributed by atoms with Gasteiger partial charge in [0.15, 0.2) is 0 Å². The lowest BCUT2D eigenvalue weighted by Gasteiger charge is -2.38. The van der Waals surface area contributed by atoms with Crippen molar-refractivity contribution < 1.29 is 14.3 Å². The first-order valence-electron chi connectivity index (χ1n) is 8.59. The van der Waals surface area contributed by atoms with Crippen LogP contribution in [-0.4, -0.2) is 35.0 Å². The molecule has 4 rings (SSSR count). The van der Waals surface area contributed by atoms with E-state index in [9.17, 15) is 4.79 Å². The Hall–Kier alpha value is -3.05. The molecule has 6 heteroatoms. The largest absolute Gasteiger partial charge is 0.470 e. The van der Waals surface area contributed by atoms with Gasteiger partial charge in [0.05, 0.1) is 18.7 Å². The fourth-order valence-electron chi connectivity index (χ4n) is 2.81.